The van der Waals surface area contributed by atoms with E-state index in [1.54, 1.807) is 0 Å². The Bertz CT molecular complexity index is 930. The Labute approximate surface area is 159 Å². The van der Waals surface area contributed by atoms with Crippen LogP contribution < -0.4 is 10.1 Å². The van der Waals surface area contributed by atoms with Gasteiger partial charge in [-0.2, -0.15) is 0 Å². The Hall–Kier alpha value is -2.79. The van der Waals surface area contributed by atoms with Gasteiger partial charge in [0.1, 0.15) is 11.3 Å². The minimum atomic E-state index is -0.211. The first-order chi connectivity index (χ1) is 13.0. The summed E-state index contributed by atoms with van der Waals surface area (Å²) in [5.41, 5.74) is 2.62. The molecule has 5 heteroatoms. The fourth-order valence-corrected chi connectivity index (χ4v) is 3.14. The number of nitrogens with zero attached hydrogens (tertiary/aromatic N) is 1. The Kier molecular flexibility index (Phi) is 5.81. The van der Waals surface area contributed by atoms with Crippen molar-refractivity contribution in [2.75, 3.05) is 20.7 Å². The number of nitrogens with one attached hydrogen (secondary N) is 1. The summed E-state index contributed by atoms with van der Waals surface area (Å²) >= 11 is 0. The molecule has 1 amide bonds. The van der Waals surface area contributed by atoms with Crippen molar-refractivity contribution in [3.05, 3.63) is 65.4 Å². The van der Waals surface area contributed by atoms with Crippen molar-refractivity contribution in [2.24, 2.45) is 0 Å². The summed E-state index contributed by atoms with van der Waals surface area (Å²) in [6.45, 7) is 5.15. The van der Waals surface area contributed by atoms with E-state index in [4.69, 9.17) is 9.15 Å². The quantitative estimate of drug-likeness (QED) is 0.674. The van der Waals surface area contributed by atoms with E-state index in [2.05, 4.69) is 5.32 Å². The third-order valence-corrected chi connectivity index (χ3v) is 4.40. The van der Waals surface area contributed by atoms with Crippen LogP contribution in [0.2, 0.25) is 0 Å². The number of para-hydroxylation sites is 1. The molecule has 0 spiro atoms. The van der Waals surface area contributed by atoms with Crippen molar-refractivity contribution in [1.29, 1.82) is 0 Å². The lowest BCUT2D eigenvalue weighted by Crippen LogP contribution is -2.27. The smallest absolute Gasteiger partial charge is 0.287 e. The molecule has 0 saturated carbocycles. The molecule has 142 valence electrons. The largest absolute Gasteiger partial charge is 0.494 e. The van der Waals surface area contributed by atoms with Crippen LogP contribution >= 0.6 is 0 Å². The van der Waals surface area contributed by atoms with Gasteiger partial charge in [0.05, 0.1) is 12.6 Å². The fourth-order valence-electron chi connectivity index (χ4n) is 3.14. The maximum Gasteiger partial charge on any atom is 0.287 e. The summed E-state index contributed by atoms with van der Waals surface area (Å²) in [5.74, 6) is 0.961. The number of ether oxygens (including phenoxy) is 1. The van der Waals surface area contributed by atoms with Crippen molar-refractivity contribution < 1.29 is 13.9 Å². The van der Waals surface area contributed by atoms with Crippen LogP contribution in [-0.2, 0) is 6.54 Å². The highest BCUT2D eigenvalue weighted by molar-refractivity contribution is 5.99. The molecule has 3 rings (SSSR count). The number of fused-ring (bicyclic) bond motifs is 1. The van der Waals surface area contributed by atoms with E-state index in [1.165, 1.54) is 0 Å². The third kappa shape index (κ3) is 4.31. The Balaban J connectivity index is 1.86. The van der Waals surface area contributed by atoms with E-state index in [0.717, 1.165) is 27.8 Å². The Morgan fingerprint density at radius 3 is 2.70 bits per heavy atom. The lowest BCUT2D eigenvalue weighted by Gasteiger charge is -2.16. The van der Waals surface area contributed by atoms with Crippen molar-refractivity contribution in [3.63, 3.8) is 0 Å². The molecule has 0 fully saturated rings. The van der Waals surface area contributed by atoms with Crippen LogP contribution in [0.3, 0.4) is 0 Å². The first-order valence-corrected chi connectivity index (χ1v) is 9.18. The van der Waals surface area contributed by atoms with Crippen LogP contribution in [0.4, 0.5) is 0 Å². The lowest BCUT2D eigenvalue weighted by molar-refractivity contribution is 0.0911. The molecule has 2 aromatic carbocycles. The predicted octanol–water partition coefficient (Wildman–Crippen LogP) is 4.38. The van der Waals surface area contributed by atoms with Gasteiger partial charge in [0, 0.05) is 17.5 Å². The lowest BCUT2D eigenvalue weighted by atomic mass is 10.1. The monoisotopic (exact) mass is 366 g/mol. The predicted molar refractivity (Wildman–Crippen MR) is 107 cm³/mol. The van der Waals surface area contributed by atoms with Crippen LogP contribution in [0.15, 0.2) is 52.9 Å². The normalized spacial score (nSPS) is 12.3. The summed E-state index contributed by atoms with van der Waals surface area (Å²) in [6, 6.07) is 15.4. The van der Waals surface area contributed by atoms with E-state index in [-0.39, 0.29) is 11.9 Å². The molecule has 0 aliphatic carbocycles. The SMILES string of the molecule is CCOc1cccc(C(C)NC(=O)c2oc3ccccc3c2CN(C)C)c1. The van der Waals surface area contributed by atoms with Crippen molar-refractivity contribution in [1.82, 2.24) is 10.2 Å². The molecular formula is C22H26N2O3. The zero-order valence-electron chi connectivity index (χ0n) is 16.3. The molecule has 1 unspecified atom stereocenters. The second kappa shape index (κ2) is 8.27. The number of carbonyl (C=O) groups excluding carboxylic acids is 1. The third-order valence-electron chi connectivity index (χ3n) is 4.40. The number of benzene rings is 2. The summed E-state index contributed by atoms with van der Waals surface area (Å²) < 4.78 is 11.4. The van der Waals surface area contributed by atoms with Crippen LogP contribution in [0.25, 0.3) is 11.0 Å². The van der Waals surface area contributed by atoms with Gasteiger partial charge in [-0.3, -0.25) is 4.79 Å². The number of rotatable bonds is 7. The molecule has 0 bridgehead atoms. The maximum absolute atomic E-state index is 13.0. The van der Waals surface area contributed by atoms with Gasteiger partial charge in [0.25, 0.3) is 5.91 Å². The summed E-state index contributed by atoms with van der Waals surface area (Å²) in [5, 5.41) is 4.02. The Morgan fingerprint density at radius 1 is 1.19 bits per heavy atom. The second-order valence-corrected chi connectivity index (χ2v) is 6.84. The van der Waals surface area contributed by atoms with Gasteiger partial charge in [-0.15, -0.1) is 0 Å². The van der Waals surface area contributed by atoms with E-state index in [1.807, 2.05) is 81.4 Å². The molecule has 5 nitrogen and oxygen atoms in total. The Morgan fingerprint density at radius 2 is 1.96 bits per heavy atom. The number of carbonyl (C=O) groups is 1. The number of furan rings is 1. The maximum atomic E-state index is 13.0. The van der Waals surface area contributed by atoms with Crippen LogP contribution in [0.5, 0.6) is 5.75 Å². The molecule has 1 heterocycles. The molecule has 0 aliphatic heterocycles. The zero-order chi connectivity index (χ0) is 19.4. The number of hydrogen-bond donors (Lipinski definition) is 1. The topological polar surface area (TPSA) is 54.7 Å². The minimum Gasteiger partial charge on any atom is -0.494 e. The van der Waals surface area contributed by atoms with Crippen molar-refractivity contribution in [3.8, 4) is 5.75 Å². The highest BCUT2D eigenvalue weighted by Gasteiger charge is 2.22. The molecular weight excluding hydrogens is 340 g/mol. The highest BCUT2D eigenvalue weighted by atomic mass is 16.5. The molecule has 3 aromatic rings. The highest BCUT2D eigenvalue weighted by Crippen LogP contribution is 2.27. The van der Waals surface area contributed by atoms with E-state index >= 15 is 0 Å². The molecule has 27 heavy (non-hydrogen) atoms. The number of hydrogen-bond acceptors (Lipinski definition) is 4. The minimum absolute atomic E-state index is 0.168. The van der Waals surface area contributed by atoms with Crippen molar-refractivity contribution in [2.45, 2.75) is 26.4 Å². The summed E-state index contributed by atoms with van der Waals surface area (Å²) in [7, 11) is 3.95. The van der Waals surface area contributed by atoms with Gasteiger partial charge in [-0.1, -0.05) is 30.3 Å². The first-order valence-electron chi connectivity index (χ1n) is 9.18. The standard InChI is InChI=1S/C22H26N2O3/c1-5-26-17-10-8-9-16(13-17)15(2)23-22(25)21-19(14-24(3)4)18-11-6-7-12-20(18)27-21/h6-13,15H,5,14H2,1-4H3,(H,23,25). The summed E-state index contributed by atoms with van der Waals surface area (Å²) in [6.07, 6.45) is 0. The molecule has 1 aromatic heterocycles. The average Bonchev–Trinajstić information content (AvgIpc) is 3.00. The van der Waals surface area contributed by atoms with Crippen molar-refractivity contribution >= 4 is 16.9 Å². The van der Waals surface area contributed by atoms with Crippen LogP contribution in [-0.4, -0.2) is 31.5 Å². The summed E-state index contributed by atoms with van der Waals surface area (Å²) in [4.78, 5) is 15.0. The zero-order valence-corrected chi connectivity index (χ0v) is 16.3. The molecule has 0 saturated heterocycles. The van der Waals surface area contributed by atoms with Gasteiger partial charge >= 0.3 is 0 Å². The van der Waals surface area contributed by atoms with Crippen LogP contribution in [0, 0.1) is 0 Å². The molecule has 1 N–H and O–H groups in total. The van der Waals surface area contributed by atoms with Gasteiger partial charge in [-0.05, 0) is 51.7 Å². The average molecular weight is 366 g/mol. The van der Waals surface area contributed by atoms with Crippen LogP contribution in [0.1, 0.15) is 41.6 Å². The van der Waals surface area contributed by atoms with E-state index in [9.17, 15) is 4.79 Å². The van der Waals surface area contributed by atoms with Gasteiger partial charge in [0.2, 0.25) is 0 Å². The van der Waals surface area contributed by atoms with Gasteiger partial charge in [-0.25, -0.2) is 0 Å². The molecule has 0 aliphatic rings. The van der Waals surface area contributed by atoms with Gasteiger partial charge in [0.15, 0.2) is 5.76 Å². The fraction of sp³-hybridized carbons (Fsp3) is 0.318. The number of amides is 1. The first kappa shape index (κ1) is 19.0. The second-order valence-electron chi connectivity index (χ2n) is 6.84. The molecule has 1 atom stereocenters. The van der Waals surface area contributed by atoms with E-state index in [0.29, 0.717) is 18.9 Å². The molecule has 0 radical (unpaired) electrons. The van der Waals surface area contributed by atoms with Gasteiger partial charge < -0.3 is 19.4 Å². The van der Waals surface area contributed by atoms with E-state index < -0.39 is 0 Å².